The Morgan fingerprint density at radius 1 is 0.615 bits per heavy atom. The van der Waals surface area contributed by atoms with Crippen molar-refractivity contribution in [2.45, 2.75) is 0 Å². The average Bonchev–Trinajstić information content (AvgIpc) is 3.27. The third-order valence-electron chi connectivity index (χ3n) is 5.17. The predicted octanol–water partition coefficient (Wildman–Crippen LogP) is 7.62. The summed E-state index contributed by atoms with van der Waals surface area (Å²) in [6.45, 7) is 0. The molecule has 6 rings (SSSR count). The van der Waals surface area contributed by atoms with Gasteiger partial charge in [-0.2, -0.15) is 0 Å². The first-order valence-electron chi connectivity index (χ1n) is 8.67. The molecule has 2 heteroatoms. The van der Waals surface area contributed by atoms with Gasteiger partial charge in [0, 0.05) is 26.6 Å². The van der Waals surface area contributed by atoms with Crippen LogP contribution in [0.2, 0.25) is 0 Å². The van der Waals surface area contributed by atoms with Crippen LogP contribution in [0, 0.1) is 0 Å². The number of thiophene rings is 1. The minimum atomic E-state index is 0.943. The van der Waals surface area contributed by atoms with Crippen molar-refractivity contribution in [2.24, 2.45) is 0 Å². The van der Waals surface area contributed by atoms with Gasteiger partial charge in [0.2, 0.25) is 0 Å². The largest absolute Gasteiger partial charge is 0.464 e. The van der Waals surface area contributed by atoms with Gasteiger partial charge in [-0.25, -0.2) is 0 Å². The fourth-order valence-electron chi connectivity index (χ4n) is 3.84. The van der Waals surface area contributed by atoms with Gasteiger partial charge in [-0.05, 0) is 51.2 Å². The normalized spacial score (nSPS) is 11.8. The van der Waals surface area contributed by atoms with Gasteiger partial charge in [-0.15, -0.1) is 11.3 Å². The molecule has 0 saturated heterocycles. The van der Waals surface area contributed by atoms with Crippen molar-refractivity contribution >= 4 is 53.9 Å². The summed E-state index contributed by atoms with van der Waals surface area (Å²) in [7, 11) is 0. The molecular formula is C24H14OS. The lowest BCUT2D eigenvalue weighted by atomic mass is 10.00. The highest BCUT2D eigenvalue weighted by atomic mass is 32.1. The van der Waals surface area contributed by atoms with Crippen LogP contribution in [0.15, 0.2) is 88.9 Å². The van der Waals surface area contributed by atoms with Crippen LogP contribution >= 0.6 is 11.3 Å². The first kappa shape index (κ1) is 14.1. The van der Waals surface area contributed by atoms with Crippen LogP contribution in [-0.4, -0.2) is 0 Å². The van der Waals surface area contributed by atoms with E-state index in [1.807, 2.05) is 6.26 Å². The third-order valence-corrected chi connectivity index (χ3v) is 6.12. The molecule has 1 nitrogen and oxygen atoms in total. The van der Waals surface area contributed by atoms with Crippen LogP contribution in [-0.2, 0) is 0 Å². The molecular weight excluding hydrogens is 336 g/mol. The maximum atomic E-state index is 5.92. The molecule has 0 N–H and O–H groups in total. The minimum Gasteiger partial charge on any atom is -0.464 e. The lowest BCUT2D eigenvalue weighted by Crippen LogP contribution is -1.77. The van der Waals surface area contributed by atoms with Crippen molar-refractivity contribution in [3.05, 3.63) is 84.4 Å². The van der Waals surface area contributed by atoms with Crippen molar-refractivity contribution in [1.29, 1.82) is 0 Å². The second kappa shape index (κ2) is 5.20. The molecule has 0 aliphatic rings. The van der Waals surface area contributed by atoms with Gasteiger partial charge in [-0.3, -0.25) is 0 Å². The molecule has 0 unspecified atom stereocenters. The van der Waals surface area contributed by atoms with E-state index in [0.29, 0.717) is 0 Å². The van der Waals surface area contributed by atoms with E-state index in [2.05, 4.69) is 78.2 Å². The molecule has 0 aliphatic carbocycles. The molecule has 122 valence electrons. The molecule has 6 aromatic rings. The molecule has 0 amide bonds. The Kier molecular flexibility index (Phi) is 2.82. The highest BCUT2D eigenvalue weighted by molar-refractivity contribution is 7.17. The Bertz CT molecular complexity index is 1320. The van der Waals surface area contributed by atoms with Gasteiger partial charge in [0.05, 0.1) is 6.26 Å². The van der Waals surface area contributed by atoms with Gasteiger partial charge in [-0.1, -0.05) is 48.5 Å². The van der Waals surface area contributed by atoms with Crippen molar-refractivity contribution in [3.8, 4) is 11.1 Å². The van der Waals surface area contributed by atoms with E-state index in [0.717, 1.165) is 5.58 Å². The Hall–Kier alpha value is -3.10. The zero-order valence-electron chi connectivity index (χ0n) is 13.9. The Morgan fingerprint density at radius 2 is 1.23 bits per heavy atom. The molecule has 2 heterocycles. The Balaban J connectivity index is 1.67. The van der Waals surface area contributed by atoms with Crippen molar-refractivity contribution in [2.75, 3.05) is 0 Å². The Morgan fingerprint density at radius 3 is 1.96 bits per heavy atom. The summed E-state index contributed by atoms with van der Waals surface area (Å²) in [6, 6.07) is 25.9. The van der Waals surface area contributed by atoms with Gasteiger partial charge < -0.3 is 4.42 Å². The first-order chi connectivity index (χ1) is 12.9. The molecule has 0 radical (unpaired) electrons. The fourth-order valence-corrected chi connectivity index (χ4v) is 4.83. The first-order valence-corrected chi connectivity index (χ1v) is 9.55. The van der Waals surface area contributed by atoms with E-state index in [1.165, 1.54) is 48.1 Å². The summed E-state index contributed by atoms with van der Waals surface area (Å²) in [6.07, 6.45) is 1.90. The summed E-state index contributed by atoms with van der Waals surface area (Å²) in [5, 5.41) is 9.74. The summed E-state index contributed by atoms with van der Waals surface area (Å²) in [4.78, 5) is 0. The zero-order valence-corrected chi connectivity index (χ0v) is 14.7. The molecule has 0 saturated carbocycles. The standard InChI is InChI=1S/C24H14OS/c1-3-7-17-11-23-19(9-15(17)5-1)21(13-25-23)22-14-26-24-12-18-8-4-2-6-16(18)10-20(22)24/h1-14H. The summed E-state index contributed by atoms with van der Waals surface area (Å²) >= 11 is 1.80. The predicted molar refractivity (Wildman–Crippen MR) is 112 cm³/mol. The zero-order chi connectivity index (χ0) is 17.1. The van der Waals surface area contributed by atoms with E-state index in [4.69, 9.17) is 4.42 Å². The van der Waals surface area contributed by atoms with Crippen LogP contribution in [0.1, 0.15) is 0 Å². The maximum absolute atomic E-state index is 5.92. The van der Waals surface area contributed by atoms with E-state index in [1.54, 1.807) is 11.3 Å². The van der Waals surface area contributed by atoms with Crippen LogP contribution in [0.4, 0.5) is 0 Å². The van der Waals surface area contributed by atoms with E-state index < -0.39 is 0 Å². The van der Waals surface area contributed by atoms with E-state index in [9.17, 15) is 0 Å². The van der Waals surface area contributed by atoms with Crippen LogP contribution in [0.25, 0.3) is 53.7 Å². The quantitative estimate of drug-likeness (QED) is 0.297. The second-order valence-electron chi connectivity index (χ2n) is 6.69. The SMILES string of the molecule is c1ccc2cc3c(-c4csc5cc6ccccc6cc45)coc3cc2c1. The molecule has 4 aromatic carbocycles. The average molecular weight is 350 g/mol. The molecule has 0 bridgehead atoms. The molecule has 0 atom stereocenters. The molecule has 0 spiro atoms. The topological polar surface area (TPSA) is 13.1 Å². The van der Waals surface area contributed by atoms with Crippen molar-refractivity contribution < 1.29 is 4.42 Å². The minimum absolute atomic E-state index is 0.943. The lowest BCUT2D eigenvalue weighted by molar-refractivity contribution is 0.617. The Labute approximate surface area is 154 Å². The summed E-state index contributed by atoms with van der Waals surface area (Å²) < 4.78 is 7.24. The van der Waals surface area contributed by atoms with E-state index >= 15 is 0 Å². The lowest BCUT2D eigenvalue weighted by Gasteiger charge is -2.02. The molecule has 26 heavy (non-hydrogen) atoms. The number of rotatable bonds is 1. The van der Waals surface area contributed by atoms with Gasteiger partial charge in [0.25, 0.3) is 0 Å². The number of furan rings is 1. The molecule has 2 aromatic heterocycles. The molecule has 0 fully saturated rings. The fraction of sp³-hybridized carbons (Fsp3) is 0. The smallest absolute Gasteiger partial charge is 0.135 e. The summed E-state index contributed by atoms with van der Waals surface area (Å²) in [5.41, 5.74) is 3.37. The number of benzene rings is 4. The van der Waals surface area contributed by atoms with Crippen molar-refractivity contribution in [3.63, 3.8) is 0 Å². The third kappa shape index (κ3) is 1.97. The monoisotopic (exact) mass is 350 g/mol. The van der Waals surface area contributed by atoms with Gasteiger partial charge in [0.15, 0.2) is 0 Å². The number of fused-ring (bicyclic) bond motifs is 4. The van der Waals surface area contributed by atoms with Gasteiger partial charge >= 0.3 is 0 Å². The van der Waals surface area contributed by atoms with Gasteiger partial charge in [0.1, 0.15) is 5.58 Å². The van der Waals surface area contributed by atoms with Crippen LogP contribution in [0.5, 0.6) is 0 Å². The van der Waals surface area contributed by atoms with Crippen LogP contribution < -0.4 is 0 Å². The molecule has 0 aliphatic heterocycles. The number of hydrogen-bond donors (Lipinski definition) is 0. The second-order valence-corrected chi connectivity index (χ2v) is 7.60. The van der Waals surface area contributed by atoms with Crippen molar-refractivity contribution in [1.82, 2.24) is 0 Å². The van der Waals surface area contributed by atoms with E-state index in [-0.39, 0.29) is 0 Å². The highest BCUT2D eigenvalue weighted by Gasteiger charge is 2.14. The number of hydrogen-bond acceptors (Lipinski definition) is 2. The maximum Gasteiger partial charge on any atom is 0.135 e. The highest BCUT2D eigenvalue weighted by Crippen LogP contribution is 2.41. The summed E-state index contributed by atoms with van der Waals surface area (Å²) in [5.74, 6) is 0. The van der Waals surface area contributed by atoms with Crippen LogP contribution in [0.3, 0.4) is 0 Å².